The number of carbonyl (C=O) groups excluding carboxylic acids is 2. The highest BCUT2D eigenvalue weighted by Gasteiger charge is 2.30. The Bertz CT molecular complexity index is 1190. The number of hydrogen-bond acceptors (Lipinski definition) is 5. The summed E-state index contributed by atoms with van der Waals surface area (Å²) in [5.41, 5.74) is 3.63. The van der Waals surface area contributed by atoms with Crippen LogP contribution in [-0.2, 0) is 16.0 Å². The topological polar surface area (TPSA) is 73.9 Å². The van der Waals surface area contributed by atoms with E-state index in [9.17, 15) is 9.59 Å². The number of carbonyl (C=O) groups is 2. The largest absolute Gasteiger partial charge is 0.493 e. The lowest BCUT2D eigenvalue weighted by Crippen LogP contribution is -2.25. The second kappa shape index (κ2) is 11.3. The van der Waals surface area contributed by atoms with Gasteiger partial charge in [0.15, 0.2) is 0 Å². The third-order valence-corrected chi connectivity index (χ3v) is 6.13. The molecule has 1 heterocycles. The summed E-state index contributed by atoms with van der Waals surface area (Å²) >= 11 is 6.46. The van der Waals surface area contributed by atoms with Gasteiger partial charge in [0.05, 0.1) is 24.2 Å². The molecule has 7 heteroatoms. The van der Waals surface area contributed by atoms with Gasteiger partial charge in [0, 0.05) is 23.7 Å². The Morgan fingerprint density at radius 3 is 2.54 bits per heavy atom. The number of rotatable bonds is 8. The van der Waals surface area contributed by atoms with Crippen molar-refractivity contribution in [2.24, 2.45) is 0 Å². The molecule has 1 N–H and O–H groups in total. The van der Waals surface area contributed by atoms with Crippen molar-refractivity contribution in [3.05, 3.63) is 87.9 Å². The van der Waals surface area contributed by atoms with Crippen LogP contribution in [0.3, 0.4) is 0 Å². The minimum absolute atomic E-state index is 0.145. The summed E-state index contributed by atoms with van der Waals surface area (Å²) in [7, 11) is 0. The zero-order valence-corrected chi connectivity index (χ0v) is 20.6. The van der Waals surface area contributed by atoms with Crippen molar-refractivity contribution < 1.29 is 23.8 Å². The molecule has 1 atom stereocenters. The van der Waals surface area contributed by atoms with Crippen LogP contribution in [0.1, 0.15) is 46.3 Å². The summed E-state index contributed by atoms with van der Waals surface area (Å²) in [4.78, 5) is 24.8. The smallest absolute Gasteiger partial charge is 0.313 e. The fraction of sp³-hybridized carbons (Fsp3) is 0.286. The number of ether oxygens (including phenoxy) is 3. The Balaban J connectivity index is 1.38. The Hall–Kier alpha value is -3.51. The fourth-order valence-electron chi connectivity index (χ4n) is 3.93. The Morgan fingerprint density at radius 1 is 1.09 bits per heavy atom. The lowest BCUT2D eigenvalue weighted by atomic mass is 9.93. The Morgan fingerprint density at radius 2 is 1.83 bits per heavy atom. The molecule has 1 aliphatic rings. The molecule has 0 aromatic heterocycles. The van der Waals surface area contributed by atoms with E-state index in [2.05, 4.69) is 29.6 Å². The molecule has 35 heavy (non-hydrogen) atoms. The molecule has 0 radical (unpaired) electrons. The maximum absolute atomic E-state index is 12.5. The Kier molecular flexibility index (Phi) is 7.93. The molecule has 1 amide bonds. The van der Waals surface area contributed by atoms with Crippen LogP contribution in [-0.4, -0.2) is 31.6 Å². The van der Waals surface area contributed by atoms with Crippen molar-refractivity contribution in [2.75, 3.05) is 19.8 Å². The van der Waals surface area contributed by atoms with Gasteiger partial charge in [0.25, 0.3) is 5.91 Å². The zero-order valence-electron chi connectivity index (χ0n) is 19.8. The minimum atomic E-state index is -0.408. The van der Waals surface area contributed by atoms with Gasteiger partial charge >= 0.3 is 5.97 Å². The molecule has 0 fully saturated rings. The summed E-state index contributed by atoms with van der Waals surface area (Å²) < 4.78 is 16.9. The van der Waals surface area contributed by atoms with Crippen LogP contribution in [0.4, 0.5) is 0 Å². The van der Waals surface area contributed by atoms with Crippen molar-refractivity contribution in [3.63, 3.8) is 0 Å². The molecule has 0 saturated carbocycles. The van der Waals surface area contributed by atoms with E-state index in [4.69, 9.17) is 25.8 Å². The lowest BCUT2D eigenvalue weighted by molar-refractivity contribution is -0.145. The van der Waals surface area contributed by atoms with Gasteiger partial charge < -0.3 is 19.5 Å². The molecule has 1 aliphatic heterocycles. The van der Waals surface area contributed by atoms with E-state index in [-0.39, 0.29) is 11.9 Å². The summed E-state index contributed by atoms with van der Waals surface area (Å²) in [5, 5.41) is 3.30. The van der Waals surface area contributed by atoms with Crippen LogP contribution in [0.2, 0.25) is 5.02 Å². The van der Waals surface area contributed by atoms with Crippen LogP contribution in [0.15, 0.2) is 60.7 Å². The van der Waals surface area contributed by atoms with Crippen LogP contribution in [0.5, 0.6) is 17.2 Å². The van der Waals surface area contributed by atoms with Crippen LogP contribution >= 0.6 is 11.6 Å². The summed E-state index contributed by atoms with van der Waals surface area (Å²) in [5.74, 6) is 0.654. The maximum atomic E-state index is 12.5. The lowest BCUT2D eigenvalue weighted by Gasteiger charge is -2.25. The van der Waals surface area contributed by atoms with Gasteiger partial charge in [-0.25, -0.2) is 0 Å². The first-order chi connectivity index (χ1) is 16.9. The highest BCUT2D eigenvalue weighted by molar-refractivity contribution is 6.32. The third-order valence-electron chi connectivity index (χ3n) is 5.84. The number of aryl methyl sites for hydroxylation is 1. The highest BCUT2D eigenvalue weighted by Crippen LogP contribution is 2.42. The number of fused-ring (bicyclic) bond motifs is 1. The van der Waals surface area contributed by atoms with Crippen molar-refractivity contribution in [2.45, 2.75) is 32.6 Å². The Labute approximate surface area is 210 Å². The molecule has 0 aliphatic carbocycles. The number of nitrogens with one attached hydrogen (secondary N) is 1. The fourth-order valence-corrected chi connectivity index (χ4v) is 4.14. The van der Waals surface area contributed by atoms with Gasteiger partial charge in [-0.3, -0.25) is 9.59 Å². The molecule has 182 valence electrons. The average molecular weight is 494 g/mol. The molecule has 0 saturated heterocycles. The standard InChI is InChI=1S/C28H28ClNO5/c1-3-33-28(32)22-13-15-34-25-17-26(24(29)16-23(22)25)35-21-10-8-20(9-11-21)27(31)30-14-12-19-6-4-18(2)5-7-19/h4-11,16-17,22H,3,12-15H2,1-2H3,(H,30,31). The molecule has 3 aromatic rings. The van der Waals surface area contributed by atoms with Crippen molar-refractivity contribution in [1.82, 2.24) is 5.32 Å². The number of hydrogen-bond donors (Lipinski definition) is 1. The monoisotopic (exact) mass is 493 g/mol. The number of amides is 1. The van der Waals surface area contributed by atoms with E-state index in [0.717, 1.165) is 6.42 Å². The quantitative estimate of drug-likeness (QED) is 0.399. The summed E-state index contributed by atoms with van der Waals surface area (Å²) in [6.07, 6.45) is 1.31. The number of halogens is 1. The SMILES string of the molecule is CCOC(=O)C1CCOc2cc(Oc3ccc(C(=O)NCCc4ccc(C)cc4)cc3)c(Cl)cc21. The average Bonchev–Trinajstić information content (AvgIpc) is 2.86. The first-order valence-electron chi connectivity index (χ1n) is 11.7. The van der Waals surface area contributed by atoms with Crippen LogP contribution in [0.25, 0.3) is 0 Å². The van der Waals surface area contributed by atoms with Gasteiger partial charge in [-0.2, -0.15) is 0 Å². The summed E-state index contributed by atoms with van der Waals surface area (Å²) in [6.45, 7) is 5.11. The van der Waals surface area contributed by atoms with E-state index in [1.165, 1.54) is 11.1 Å². The highest BCUT2D eigenvalue weighted by atomic mass is 35.5. The molecular formula is C28H28ClNO5. The first kappa shape index (κ1) is 24.6. The van der Waals surface area contributed by atoms with Gasteiger partial charge in [0.1, 0.15) is 17.2 Å². The molecule has 0 spiro atoms. The van der Waals surface area contributed by atoms with Crippen LogP contribution < -0.4 is 14.8 Å². The minimum Gasteiger partial charge on any atom is -0.493 e. The first-order valence-corrected chi connectivity index (χ1v) is 12.1. The maximum Gasteiger partial charge on any atom is 0.313 e. The molecule has 6 nitrogen and oxygen atoms in total. The van der Waals surface area contributed by atoms with Gasteiger partial charge in [0.2, 0.25) is 0 Å². The second-order valence-electron chi connectivity index (χ2n) is 8.38. The molecule has 0 bridgehead atoms. The van der Waals surface area contributed by atoms with Gasteiger partial charge in [-0.05, 0) is 62.6 Å². The van der Waals surface area contributed by atoms with Crippen LogP contribution in [0, 0.1) is 6.92 Å². The van der Waals surface area contributed by atoms with E-state index in [1.807, 2.05) is 6.92 Å². The van der Waals surface area contributed by atoms with E-state index >= 15 is 0 Å². The second-order valence-corrected chi connectivity index (χ2v) is 8.79. The molecule has 1 unspecified atom stereocenters. The van der Waals surface area contributed by atoms with Gasteiger partial charge in [-0.15, -0.1) is 0 Å². The van der Waals surface area contributed by atoms with Crippen molar-refractivity contribution in [1.29, 1.82) is 0 Å². The molecule has 3 aromatic carbocycles. The molecule has 4 rings (SSSR count). The third kappa shape index (κ3) is 6.14. The van der Waals surface area contributed by atoms with E-state index < -0.39 is 5.92 Å². The van der Waals surface area contributed by atoms with E-state index in [0.29, 0.717) is 59.6 Å². The predicted octanol–water partition coefficient (Wildman–Crippen LogP) is 5.84. The zero-order chi connectivity index (χ0) is 24.8. The van der Waals surface area contributed by atoms with E-state index in [1.54, 1.807) is 43.3 Å². The number of esters is 1. The number of benzene rings is 3. The van der Waals surface area contributed by atoms with Crippen molar-refractivity contribution in [3.8, 4) is 17.2 Å². The summed E-state index contributed by atoms with van der Waals surface area (Å²) in [6, 6.07) is 18.5. The van der Waals surface area contributed by atoms with Gasteiger partial charge in [-0.1, -0.05) is 41.4 Å². The molecular weight excluding hydrogens is 466 g/mol. The predicted molar refractivity (Wildman–Crippen MR) is 135 cm³/mol. The van der Waals surface area contributed by atoms with Crippen molar-refractivity contribution >= 4 is 23.5 Å². The normalized spacial score (nSPS) is 14.4.